The van der Waals surface area contributed by atoms with E-state index < -0.39 is 0 Å². The van der Waals surface area contributed by atoms with Crippen LogP contribution in [-0.2, 0) is 0 Å². The van der Waals surface area contributed by atoms with Crippen LogP contribution in [-0.4, -0.2) is 43.7 Å². The largest absolute Gasteiger partial charge is 0.493 e. The van der Waals surface area contributed by atoms with Gasteiger partial charge in [0, 0.05) is 30.6 Å². The molecular formula is C17H26N2O. The van der Waals surface area contributed by atoms with Crippen molar-refractivity contribution in [1.29, 1.82) is 0 Å². The zero-order valence-electron chi connectivity index (χ0n) is 12.6. The molecule has 1 saturated heterocycles. The highest BCUT2D eigenvalue weighted by Crippen LogP contribution is 2.34. The van der Waals surface area contributed by atoms with Crippen LogP contribution in [0, 0.1) is 5.92 Å². The highest BCUT2D eigenvalue weighted by molar-refractivity contribution is 5.39. The molecule has 0 amide bonds. The lowest BCUT2D eigenvalue weighted by Crippen LogP contribution is -2.42. The first-order chi connectivity index (χ1) is 9.74. The van der Waals surface area contributed by atoms with Crippen molar-refractivity contribution in [2.24, 2.45) is 5.92 Å². The van der Waals surface area contributed by atoms with Crippen LogP contribution in [0.25, 0.3) is 0 Å². The topological polar surface area (TPSA) is 24.5 Å². The smallest absolute Gasteiger partial charge is 0.122 e. The van der Waals surface area contributed by atoms with Crippen LogP contribution in [0.1, 0.15) is 31.7 Å². The summed E-state index contributed by atoms with van der Waals surface area (Å²) >= 11 is 0. The molecule has 0 aromatic heterocycles. The van der Waals surface area contributed by atoms with Gasteiger partial charge in [-0.1, -0.05) is 32.0 Å². The Kier molecular flexibility index (Phi) is 4.27. The van der Waals surface area contributed by atoms with Crippen LogP contribution in [0.4, 0.5) is 0 Å². The van der Waals surface area contributed by atoms with E-state index >= 15 is 0 Å². The zero-order chi connectivity index (χ0) is 13.9. The average Bonchev–Trinajstić information content (AvgIpc) is 2.69. The lowest BCUT2D eigenvalue weighted by atomic mass is 9.99. The molecule has 1 N–H and O–H groups in total. The SMILES string of the molecule is CC(C)C1CN(CC2COc3ccccc32)CCCN1. The molecule has 2 aliphatic rings. The van der Waals surface area contributed by atoms with E-state index in [9.17, 15) is 0 Å². The van der Waals surface area contributed by atoms with Gasteiger partial charge in [0.2, 0.25) is 0 Å². The molecule has 1 fully saturated rings. The molecule has 3 rings (SSSR count). The molecule has 3 nitrogen and oxygen atoms in total. The minimum atomic E-state index is 0.539. The van der Waals surface area contributed by atoms with E-state index in [4.69, 9.17) is 4.74 Å². The summed E-state index contributed by atoms with van der Waals surface area (Å²) in [6.45, 7) is 10.1. The zero-order valence-corrected chi connectivity index (χ0v) is 12.6. The number of nitrogens with zero attached hydrogens (tertiary/aromatic N) is 1. The third-order valence-electron chi connectivity index (χ3n) is 4.59. The molecule has 110 valence electrons. The molecule has 1 aromatic carbocycles. The molecule has 1 aromatic rings. The van der Waals surface area contributed by atoms with E-state index in [0.29, 0.717) is 17.9 Å². The molecule has 2 aliphatic heterocycles. The predicted molar refractivity (Wildman–Crippen MR) is 82.4 cm³/mol. The second-order valence-corrected chi connectivity index (χ2v) is 6.46. The van der Waals surface area contributed by atoms with Crippen LogP contribution in [0.5, 0.6) is 5.75 Å². The first-order valence-electron chi connectivity index (χ1n) is 7.91. The van der Waals surface area contributed by atoms with Crippen molar-refractivity contribution in [3.63, 3.8) is 0 Å². The summed E-state index contributed by atoms with van der Waals surface area (Å²) < 4.78 is 5.82. The fraction of sp³-hybridized carbons (Fsp3) is 0.647. The maximum absolute atomic E-state index is 5.82. The fourth-order valence-electron chi connectivity index (χ4n) is 3.33. The summed E-state index contributed by atoms with van der Waals surface area (Å²) in [6, 6.07) is 9.13. The van der Waals surface area contributed by atoms with Gasteiger partial charge in [-0.2, -0.15) is 0 Å². The number of ether oxygens (including phenoxy) is 1. The number of benzene rings is 1. The van der Waals surface area contributed by atoms with Crippen LogP contribution >= 0.6 is 0 Å². The lowest BCUT2D eigenvalue weighted by Gasteiger charge is -2.28. The minimum absolute atomic E-state index is 0.539. The fourth-order valence-corrected chi connectivity index (χ4v) is 3.33. The lowest BCUT2D eigenvalue weighted by molar-refractivity contribution is 0.216. The highest BCUT2D eigenvalue weighted by Gasteiger charge is 2.28. The van der Waals surface area contributed by atoms with Crippen molar-refractivity contribution in [2.45, 2.75) is 32.2 Å². The Labute approximate surface area is 122 Å². The molecule has 3 heteroatoms. The predicted octanol–water partition coefficient (Wildman–Crippen LogP) is 2.48. The van der Waals surface area contributed by atoms with Crippen molar-refractivity contribution in [1.82, 2.24) is 10.2 Å². The van der Waals surface area contributed by atoms with Gasteiger partial charge in [0.1, 0.15) is 5.75 Å². The molecule has 0 radical (unpaired) electrons. The van der Waals surface area contributed by atoms with Crippen molar-refractivity contribution < 1.29 is 4.74 Å². The Morgan fingerprint density at radius 3 is 3.05 bits per heavy atom. The molecule has 20 heavy (non-hydrogen) atoms. The Balaban J connectivity index is 1.65. The molecular weight excluding hydrogens is 248 g/mol. The van der Waals surface area contributed by atoms with Gasteiger partial charge in [-0.05, 0) is 31.5 Å². The number of rotatable bonds is 3. The summed E-state index contributed by atoms with van der Waals surface area (Å²) in [7, 11) is 0. The second-order valence-electron chi connectivity index (χ2n) is 6.46. The molecule has 0 aliphatic carbocycles. The quantitative estimate of drug-likeness (QED) is 0.916. The Morgan fingerprint density at radius 1 is 1.35 bits per heavy atom. The van der Waals surface area contributed by atoms with E-state index in [1.807, 2.05) is 0 Å². The van der Waals surface area contributed by atoms with Crippen molar-refractivity contribution in [3.8, 4) is 5.75 Å². The number of para-hydroxylation sites is 1. The van der Waals surface area contributed by atoms with Crippen LogP contribution in [0.2, 0.25) is 0 Å². The van der Waals surface area contributed by atoms with E-state index in [1.165, 1.54) is 18.5 Å². The maximum Gasteiger partial charge on any atom is 0.122 e. The van der Waals surface area contributed by atoms with Crippen LogP contribution in [0.3, 0.4) is 0 Å². The van der Waals surface area contributed by atoms with Crippen molar-refractivity contribution >= 4 is 0 Å². The molecule has 2 unspecified atom stereocenters. The standard InChI is InChI=1S/C17H26N2O/c1-13(2)16-11-19(9-5-8-18-16)10-14-12-20-17-7-4-3-6-15(14)17/h3-4,6-7,13-14,16,18H,5,8-12H2,1-2H3. The normalized spacial score (nSPS) is 27.1. The average molecular weight is 274 g/mol. The first kappa shape index (κ1) is 13.9. The molecule has 0 bridgehead atoms. The van der Waals surface area contributed by atoms with E-state index in [2.05, 4.69) is 48.3 Å². The Bertz CT molecular complexity index is 446. The minimum Gasteiger partial charge on any atom is -0.493 e. The summed E-state index contributed by atoms with van der Waals surface area (Å²) in [4.78, 5) is 2.63. The Hall–Kier alpha value is -1.06. The van der Waals surface area contributed by atoms with E-state index in [1.54, 1.807) is 0 Å². The highest BCUT2D eigenvalue weighted by atomic mass is 16.5. The van der Waals surface area contributed by atoms with E-state index in [-0.39, 0.29) is 0 Å². The van der Waals surface area contributed by atoms with Gasteiger partial charge in [-0.25, -0.2) is 0 Å². The number of nitrogens with one attached hydrogen (secondary N) is 1. The van der Waals surface area contributed by atoms with Crippen LogP contribution < -0.4 is 10.1 Å². The van der Waals surface area contributed by atoms with Gasteiger partial charge >= 0.3 is 0 Å². The number of hydrogen-bond acceptors (Lipinski definition) is 3. The molecule has 2 atom stereocenters. The summed E-state index contributed by atoms with van der Waals surface area (Å²) in [5.41, 5.74) is 1.39. The molecule has 2 heterocycles. The van der Waals surface area contributed by atoms with Gasteiger partial charge < -0.3 is 15.0 Å². The van der Waals surface area contributed by atoms with Gasteiger partial charge in [0.05, 0.1) is 6.61 Å². The molecule has 0 saturated carbocycles. The Morgan fingerprint density at radius 2 is 2.20 bits per heavy atom. The molecule has 0 spiro atoms. The van der Waals surface area contributed by atoms with Gasteiger partial charge in [-0.15, -0.1) is 0 Å². The maximum atomic E-state index is 5.82. The van der Waals surface area contributed by atoms with E-state index in [0.717, 1.165) is 32.0 Å². The van der Waals surface area contributed by atoms with Crippen molar-refractivity contribution in [3.05, 3.63) is 29.8 Å². The van der Waals surface area contributed by atoms with Crippen molar-refractivity contribution in [2.75, 3.05) is 32.8 Å². The number of fused-ring (bicyclic) bond motifs is 1. The monoisotopic (exact) mass is 274 g/mol. The third-order valence-corrected chi connectivity index (χ3v) is 4.59. The van der Waals surface area contributed by atoms with Gasteiger partial charge in [0.15, 0.2) is 0 Å². The van der Waals surface area contributed by atoms with Crippen LogP contribution in [0.15, 0.2) is 24.3 Å². The summed E-state index contributed by atoms with van der Waals surface area (Å²) in [5, 5.41) is 3.68. The third kappa shape index (κ3) is 2.99. The summed E-state index contributed by atoms with van der Waals surface area (Å²) in [5.74, 6) is 2.32. The first-order valence-corrected chi connectivity index (χ1v) is 7.91. The van der Waals surface area contributed by atoms with Gasteiger partial charge in [0.25, 0.3) is 0 Å². The number of hydrogen-bond donors (Lipinski definition) is 1. The van der Waals surface area contributed by atoms with Gasteiger partial charge in [-0.3, -0.25) is 0 Å². The summed E-state index contributed by atoms with van der Waals surface area (Å²) in [6.07, 6.45) is 1.25. The second kappa shape index (κ2) is 6.15.